The SMILES string of the molecule is CC(C)Cn1c(N)c(NCc2ncon2)c(=O)n(C)c1=O. The van der Waals surface area contributed by atoms with Crippen LogP contribution < -0.4 is 22.3 Å². The molecule has 114 valence electrons. The predicted molar refractivity (Wildman–Crippen MR) is 76.8 cm³/mol. The first-order chi connectivity index (χ1) is 9.91. The van der Waals surface area contributed by atoms with Crippen molar-refractivity contribution in [2.24, 2.45) is 13.0 Å². The van der Waals surface area contributed by atoms with E-state index in [2.05, 4.69) is 20.0 Å². The Morgan fingerprint density at radius 1 is 1.43 bits per heavy atom. The van der Waals surface area contributed by atoms with E-state index in [9.17, 15) is 9.59 Å². The van der Waals surface area contributed by atoms with Crippen molar-refractivity contribution >= 4 is 11.5 Å². The topological polar surface area (TPSA) is 121 Å². The molecule has 0 saturated carbocycles. The maximum absolute atomic E-state index is 12.2. The van der Waals surface area contributed by atoms with Gasteiger partial charge < -0.3 is 15.6 Å². The molecule has 9 nitrogen and oxygen atoms in total. The zero-order valence-electron chi connectivity index (χ0n) is 12.2. The molecule has 3 N–H and O–H groups in total. The number of nitrogens with two attached hydrogens (primary N) is 1. The Morgan fingerprint density at radius 3 is 2.71 bits per heavy atom. The molecular weight excluding hydrogens is 276 g/mol. The van der Waals surface area contributed by atoms with Gasteiger partial charge in [0.05, 0.1) is 6.54 Å². The highest BCUT2D eigenvalue weighted by molar-refractivity contribution is 5.60. The molecule has 0 radical (unpaired) electrons. The van der Waals surface area contributed by atoms with Gasteiger partial charge in [-0.25, -0.2) is 4.79 Å². The molecule has 0 aliphatic carbocycles. The lowest BCUT2D eigenvalue weighted by atomic mass is 10.2. The standard InChI is InChI=1S/C12H18N6O3/c1-7(2)5-18-10(13)9(11(19)17(3)12(18)20)14-4-8-15-6-21-16-8/h6-7,14H,4-5,13H2,1-3H3. The largest absolute Gasteiger partial charge is 0.383 e. The molecule has 0 amide bonds. The second-order valence-electron chi connectivity index (χ2n) is 5.11. The Labute approximate surface area is 120 Å². The predicted octanol–water partition coefficient (Wildman–Crippen LogP) is -0.220. The molecule has 0 spiro atoms. The molecule has 0 bridgehead atoms. The van der Waals surface area contributed by atoms with Crippen LogP contribution in [0.25, 0.3) is 0 Å². The molecular formula is C12H18N6O3. The van der Waals surface area contributed by atoms with Crippen molar-refractivity contribution in [3.63, 3.8) is 0 Å². The summed E-state index contributed by atoms with van der Waals surface area (Å²) >= 11 is 0. The zero-order valence-corrected chi connectivity index (χ0v) is 12.2. The maximum atomic E-state index is 12.2. The monoisotopic (exact) mass is 294 g/mol. The van der Waals surface area contributed by atoms with Crippen LogP contribution in [-0.2, 0) is 20.1 Å². The van der Waals surface area contributed by atoms with E-state index in [0.717, 1.165) is 4.57 Å². The molecule has 0 atom stereocenters. The van der Waals surface area contributed by atoms with Gasteiger partial charge in [-0.1, -0.05) is 19.0 Å². The van der Waals surface area contributed by atoms with Crippen LogP contribution in [0.2, 0.25) is 0 Å². The van der Waals surface area contributed by atoms with Crippen molar-refractivity contribution in [1.82, 2.24) is 19.3 Å². The molecule has 9 heteroatoms. The summed E-state index contributed by atoms with van der Waals surface area (Å²) in [4.78, 5) is 28.1. The molecule has 0 aliphatic heterocycles. The number of nitrogens with zero attached hydrogens (tertiary/aromatic N) is 4. The molecule has 2 aromatic heterocycles. The van der Waals surface area contributed by atoms with Crippen LogP contribution in [0.3, 0.4) is 0 Å². The van der Waals surface area contributed by atoms with E-state index in [0.29, 0.717) is 12.4 Å². The third kappa shape index (κ3) is 2.96. The number of anilines is 2. The van der Waals surface area contributed by atoms with Crippen molar-refractivity contribution in [3.05, 3.63) is 33.1 Å². The van der Waals surface area contributed by atoms with E-state index >= 15 is 0 Å². The summed E-state index contributed by atoms with van der Waals surface area (Å²) in [6.07, 6.45) is 1.19. The maximum Gasteiger partial charge on any atom is 0.332 e. The second-order valence-corrected chi connectivity index (χ2v) is 5.11. The summed E-state index contributed by atoms with van der Waals surface area (Å²) in [5.41, 5.74) is 5.20. The van der Waals surface area contributed by atoms with E-state index in [4.69, 9.17) is 5.73 Å². The molecule has 0 saturated heterocycles. The molecule has 0 aromatic carbocycles. The van der Waals surface area contributed by atoms with Gasteiger partial charge in [-0.2, -0.15) is 4.98 Å². The number of rotatable bonds is 5. The van der Waals surface area contributed by atoms with Gasteiger partial charge >= 0.3 is 5.69 Å². The number of aromatic nitrogens is 4. The molecule has 2 aromatic rings. The van der Waals surface area contributed by atoms with E-state index in [1.807, 2.05) is 13.8 Å². The molecule has 2 rings (SSSR count). The van der Waals surface area contributed by atoms with Crippen LogP contribution in [0, 0.1) is 5.92 Å². The van der Waals surface area contributed by atoms with Gasteiger partial charge in [0.25, 0.3) is 5.56 Å². The van der Waals surface area contributed by atoms with Crippen molar-refractivity contribution in [2.75, 3.05) is 11.1 Å². The van der Waals surface area contributed by atoms with Crippen molar-refractivity contribution in [3.8, 4) is 0 Å². The van der Waals surface area contributed by atoms with Gasteiger partial charge in [-0.15, -0.1) is 0 Å². The highest BCUT2D eigenvalue weighted by Crippen LogP contribution is 2.13. The van der Waals surface area contributed by atoms with Crippen LogP contribution >= 0.6 is 0 Å². The van der Waals surface area contributed by atoms with Crippen LogP contribution in [0.5, 0.6) is 0 Å². The third-order valence-corrected chi connectivity index (χ3v) is 2.96. The van der Waals surface area contributed by atoms with E-state index < -0.39 is 11.2 Å². The average Bonchev–Trinajstić information content (AvgIpc) is 2.94. The minimum absolute atomic E-state index is 0.111. The second kappa shape index (κ2) is 5.81. The van der Waals surface area contributed by atoms with Crippen molar-refractivity contribution in [1.29, 1.82) is 0 Å². The quantitative estimate of drug-likeness (QED) is 0.781. The number of nitrogens with one attached hydrogen (secondary N) is 1. The van der Waals surface area contributed by atoms with Gasteiger partial charge in [-0.05, 0) is 5.92 Å². The highest BCUT2D eigenvalue weighted by atomic mass is 16.5. The smallest absolute Gasteiger partial charge is 0.332 e. The molecule has 0 aliphatic rings. The third-order valence-electron chi connectivity index (χ3n) is 2.96. The van der Waals surface area contributed by atoms with Crippen molar-refractivity contribution in [2.45, 2.75) is 26.9 Å². The lowest BCUT2D eigenvalue weighted by Crippen LogP contribution is -2.41. The lowest BCUT2D eigenvalue weighted by molar-refractivity contribution is 0.411. The first kappa shape index (κ1) is 14.8. The van der Waals surface area contributed by atoms with Gasteiger partial charge in [0, 0.05) is 13.6 Å². The number of hydrogen-bond acceptors (Lipinski definition) is 7. The Hall–Kier alpha value is -2.58. The van der Waals surface area contributed by atoms with E-state index in [1.165, 1.54) is 18.0 Å². The number of hydrogen-bond donors (Lipinski definition) is 2. The van der Waals surface area contributed by atoms with Gasteiger partial charge in [0.2, 0.25) is 6.39 Å². The minimum atomic E-state index is -0.485. The Bertz CT molecular complexity index is 729. The minimum Gasteiger partial charge on any atom is -0.383 e. The van der Waals surface area contributed by atoms with E-state index in [-0.39, 0.29) is 24.0 Å². The highest BCUT2D eigenvalue weighted by Gasteiger charge is 2.16. The van der Waals surface area contributed by atoms with Crippen molar-refractivity contribution < 1.29 is 4.52 Å². The summed E-state index contributed by atoms with van der Waals surface area (Å²) in [6, 6.07) is 0. The summed E-state index contributed by atoms with van der Waals surface area (Å²) in [5, 5.41) is 6.50. The molecule has 0 unspecified atom stereocenters. The summed E-state index contributed by atoms with van der Waals surface area (Å²) in [6.45, 7) is 4.53. The summed E-state index contributed by atoms with van der Waals surface area (Å²) < 4.78 is 7.02. The van der Waals surface area contributed by atoms with Gasteiger partial charge in [0.1, 0.15) is 11.5 Å². The molecule has 0 fully saturated rings. The first-order valence-electron chi connectivity index (χ1n) is 6.50. The van der Waals surface area contributed by atoms with Crippen LogP contribution in [0.4, 0.5) is 11.5 Å². The Morgan fingerprint density at radius 2 is 2.14 bits per heavy atom. The lowest BCUT2D eigenvalue weighted by Gasteiger charge is -2.16. The Kier molecular flexibility index (Phi) is 4.10. The molecule has 21 heavy (non-hydrogen) atoms. The first-order valence-corrected chi connectivity index (χ1v) is 6.50. The van der Waals surface area contributed by atoms with Crippen LogP contribution in [0.1, 0.15) is 19.7 Å². The molecule has 2 heterocycles. The Balaban J connectivity index is 2.42. The van der Waals surface area contributed by atoms with Gasteiger partial charge in [0.15, 0.2) is 5.82 Å². The summed E-state index contributed by atoms with van der Waals surface area (Å²) in [7, 11) is 1.42. The van der Waals surface area contributed by atoms with Gasteiger partial charge in [-0.3, -0.25) is 13.9 Å². The van der Waals surface area contributed by atoms with Crippen LogP contribution in [-0.4, -0.2) is 19.3 Å². The van der Waals surface area contributed by atoms with E-state index in [1.54, 1.807) is 0 Å². The fraction of sp³-hybridized carbons (Fsp3) is 0.500. The normalized spacial score (nSPS) is 11.0. The fourth-order valence-electron chi connectivity index (χ4n) is 1.93. The number of nitrogen functional groups attached to an aromatic ring is 1. The zero-order chi connectivity index (χ0) is 15.6. The summed E-state index contributed by atoms with van der Waals surface area (Å²) in [5.74, 6) is 0.714. The average molecular weight is 294 g/mol. The van der Waals surface area contributed by atoms with Crippen LogP contribution in [0.15, 0.2) is 20.5 Å². The fourth-order valence-corrected chi connectivity index (χ4v) is 1.93.